The van der Waals surface area contributed by atoms with Crippen LogP contribution in [0.15, 0.2) is 63.9 Å². The van der Waals surface area contributed by atoms with E-state index in [1.54, 1.807) is 40.9 Å². The number of carboxylic acid groups (broad SMARTS) is 2. The second-order valence-corrected chi connectivity index (χ2v) is 13.2. The molecule has 15 nitrogen and oxygen atoms in total. The zero-order chi connectivity index (χ0) is 44.9. The Morgan fingerprint density at radius 2 is 1.20 bits per heavy atom. The van der Waals surface area contributed by atoms with Gasteiger partial charge < -0.3 is 58.0 Å². The third-order valence-corrected chi connectivity index (χ3v) is 8.47. The number of benzene rings is 3. The summed E-state index contributed by atoms with van der Waals surface area (Å²) in [6.45, 7) is 2.18. The number of alkyl halides is 6. The van der Waals surface area contributed by atoms with Crippen molar-refractivity contribution in [1.29, 1.82) is 0 Å². The van der Waals surface area contributed by atoms with Crippen LogP contribution < -0.4 is 24.6 Å². The van der Waals surface area contributed by atoms with Crippen molar-refractivity contribution in [2.75, 3.05) is 68.7 Å². The van der Waals surface area contributed by atoms with Crippen molar-refractivity contribution in [2.45, 2.75) is 12.4 Å². The molecule has 324 valence electrons. The molecule has 6 aromatic rings. The van der Waals surface area contributed by atoms with Crippen LogP contribution in [0.2, 0.25) is 0 Å². The quantitative estimate of drug-likeness (QED) is 0.0805. The Bertz CT molecular complexity index is 2560. The molecule has 3 heterocycles. The van der Waals surface area contributed by atoms with Crippen molar-refractivity contribution in [1.82, 2.24) is 14.2 Å². The van der Waals surface area contributed by atoms with Crippen LogP contribution in [0.5, 0.6) is 34.5 Å². The molecular formula is C39H39F6N3O12. The van der Waals surface area contributed by atoms with Crippen molar-refractivity contribution in [3.8, 4) is 45.6 Å². The Labute approximate surface area is 335 Å². The Hall–Kier alpha value is -6.61. The van der Waals surface area contributed by atoms with Gasteiger partial charge in [0.15, 0.2) is 34.5 Å². The predicted molar refractivity (Wildman–Crippen MR) is 206 cm³/mol. The molecular weight excluding hydrogens is 816 g/mol. The molecule has 0 saturated carbocycles. The van der Waals surface area contributed by atoms with Gasteiger partial charge in [-0.1, -0.05) is 6.07 Å². The molecule has 21 heteroatoms. The van der Waals surface area contributed by atoms with Gasteiger partial charge in [0, 0.05) is 47.1 Å². The van der Waals surface area contributed by atoms with Crippen LogP contribution in [-0.4, -0.2) is 128 Å². The molecule has 0 unspecified atom stereocenters. The molecule has 3 aromatic heterocycles. The number of rotatable bonds is 11. The Kier molecular flexibility index (Phi) is 14.2. The van der Waals surface area contributed by atoms with Gasteiger partial charge in [0.1, 0.15) is 24.3 Å². The summed E-state index contributed by atoms with van der Waals surface area (Å²) in [5.74, 6) is -4.01. The molecule has 0 bridgehead atoms. The van der Waals surface area contributed by atoms with E-state index in [2.05, 4.69) is 0 Å². The highest BCUT2D eigenvalue weighted by Gasteiger charge is 2.39. The number of aromatic nitrogens is 1. The zero-order valence-corrected chi connectivity index (χ0v) is 32.7. The normalized spacial score (nSPS) is 11.7. The van der Waals surface area contributed by atoms with Crippen molar-refractivity contribution in [3.05, 3.63) is 65.1 Å². The van der Waals surface area contributed by atoms with Gasteiger partial charge in [-0.2, -0.15) is 26.3 Å². The number of aliphatic carboxylic acids is 2. The second-order valence-electron chi connectivity index (χ2n) is 13.2. The molecule has 0 atom stereocenters. The summed E-state index contributed by atoms with van der Waals surface area (Å²) in [5, 5.41) is 38.4. The maximum Gasteiger partial charge on any atom is 0.490 e. The lowest BCUT2D eigenvalue weighted by molar-refractivity contribution is -0.193. The molecule has 60 heavy (non-hydrogen) atoms. The van der Waals surface area contributed by atoms with E-state index < -0.39 is 29.9 Å². The number of hydrogen-bond acceptors (Lipinski definition) is 12. The number of phenolic OH excluding ortho intramolecular Hbond substituents is 2. The number of aromatic hydroxyl groups is 2. The monoisotopic (exact) mass is 855 g/mol. The first-order chi connectivity index (χ1) is 28.0. The highest BCUT2D eigenvalue weighted by Crippen LogP contribution is 2.46. The molecule has 0 spiro atoms. The average Bonchev–Trinajstić information content (AvgIpc) is 3.51. The molecule has 0 aliphatic rings. The van der Waals surface area contributed by atoms with Gasteiger partial charge in [0.05, 0.1) is 19.7 Å². The Morgan fingerprint density at radius 1 is 0.700 bits per heavy atom. The van der Waals surface area contributed by atoms with E-state index in [9.17, 15) is 41.4 Å². The maximum atomic E-state index is 13.9. The lowest BCUT2D eigenvalue weighted by atomic mass is 9.98. The van der Waals surface area contributed by atoms with Crippen LogP contribution in [0.3, 0.4) is 0 Å². The Morgan fingerprint density at radius 3 is 1.68 bits per heavy atom. The summed E-state index contributed by atoms with van der Waals surface area (Å²) in [7, 11) is 10.8. The zero-order valence-electron chi connectivity index (χ0n) is 32.7. The van der Waals surface area contributed by atoms with Crippen molar-refractivity contribution < 1.29 is 79.7 Å². The number of likely N-dealkylation sites (N-methyl/N-ethyl adjacent to an activating group) is 2. The van der Waals surface area contributed by atoms with Crippen molar-refractivity contribution >= 4 is 50.1 Å². The SMILES string of the molecule is COc1ccc(-c2c3c4cc(OCCN(C)C)c(OCCN(C)C)cc4oc(=O)c3n3ccc4cc(O)c(OC)cc4c23)cc1O.O=C(O)C(F)(F)F.O=C(O)C(F)(F)F. The number of fused-ring (bicyclic) bond motifs is 7. The summed E-state index contributed by atoms with van der Waals surface area (Å²) in [5.41, 5.74) is 2.06. The van der Waals surface area contributed by atoms with Crippen LogP contribution in [0.4, 0.5) is 26.3 Å². The number of phenols is 2. The number of ether oxygens (including phenoxy) is 4. The summed E-state index contributed by atoms with van der Waals surface area (Å²) in [6, 6.07) is 13.8. The predicted octanol–water partition coefficient (Wildman–Crippen LogP) is 6.59. The number of nitrogens with zero attached hydrogens (tertiary/aromatic N) is 3. The van der Waals surface area contributed by atoms with E-state index in [1.165, 1.54) is 14.2 Å². The molecule has 0 fully saturated rings. The smallest absolute Gasteiger partial charge is 0.490 e. The highest BCUT2D eigenvalue weighted by molar-refractivity contribution is 6.22. The van der Waals surface area contributed by atoms with Gasteiger partial charge in [-0.25, -0.2) is 14.4 Å². The van der Waals surface area contributed by atoms with Gasteiger partial charge in [0.2, 0.25) is 0 Å². The summed E-state index contributed by atoms with van der Waals surface area (Å²) in [6.07, 6.45) is -8.39. The van der Waals surface area contributed by atoms with Crippen LogP contribution >= 0.6 is 0 Å². The van der Waals surface area contributed by atoms with Crippen molar-refractivity contribution in [3.63, 3.8) is 0 Å². The fourth-order valence-electron chi connectivity index (χ4n) is 5.71. The third-order valence-electron chi connectivity index (χ3n) is 8.47. The molecule has 0 radical (unpaired) electrons. The molecule has 0 amide bonds. The van der Waals surface area contributed by atoms with E-state index in [1.807, 2.05) is 56.2 Å². The standard InChI is InChI=1S/C35H37N3O8.2C2HF3O2/c1-36(2)11-13-44-29-18-23-27(19-30(29)45-14-12-37(3)4)46-35(41)34-32(23)31(21-7-8-26(42-5)24(39)16-21)33-22-17-28(43-6)25(40)15-20(22)9-10-38(33)34;2*3-2(4,5)1(6)7/h7-10,15-19,39-40H,11-14H2,1-6H3;2*(H,6,7). The number of halogens is 6. The fraction of sp³-hybridized carbons (Fsp3) is 0.308. The summed E-state index contributed by atoms with van der Waals surface area (Å²) < 4.78 is 94.4. The number of carbonyl (C=O) groups is 2. The molecule has 0 saturated heterocycles. The Balaban J connectivity index is 0.000000488. The van der Waals surface area contributed by atoms with E-state index in [0.717, 1.165) is 10.8 Å². The van der Waals surface area contributed by atoms with Crippen LogP contribution in [-0.2, 0) is 9.59 Å². The number of carboxylic acids is 2. The van der Waals surface area contributed by atoms with E-state index in [-0.39, 0.29) is 17.2 Å². The molecule has 3 aromatic carbocycles. The van der Waals surface area contributed by atoms with Gasteiger partial charge in [-0.05, 0) is 75.5 Å². The topological polar surface area (TPSA) is 193 Å². The lowest BCUT2D eigenvalue weighted by Crippen LogP contribution is -2.21. The maximum absolute atomic E-state index is 13.9. The number of pyridine rings is 1. The highest BCUT2D eigenvalue weighted by atomic mass is 19.4. The van der Waals surface area contributed by atoms with Crippen LogP contribution in [0.1, 0.15) is 0 Å². The van der Waals surface area contributed by atoms with Gasteiger partial charge in [-0.3, -0.25) is 0 Å². The number of hydrogen-bond donors (Lipinski definition) is 4. The summed E-state index contributed by atoms with van der Waals surface area (Å²) in [4.78, 5) is 35.7. The minimum absolute atomic E-state index is 0.00891. The molecule has 4 N–H and O–H groups in total. The van der Waals surface area contributed by atoms with Gasteiger partial charge >= 0.3 is 29.9 Å². The molecule has 0 aliphatic carbocycles. The second kappa shape index (κ2) is 18.5. The minimum atomic E-state index is -5.08. The first-order valence-electron chi connectivity index (χ1n) is 17.3. The minimum Gasteiger partial charge on any atom is -0.504 e. The molecule has 6 rings (SSSR count). The molecule has 0 aliphatic heterocycles. The average molecular weight is 856 g/mol. The fourth-order valence-corrected chi connectivity index (χ4v) is 5.71. The van der Waals surface area contributed by atoms with Crippen LogP contribution in [0.25, 0.3) is 49.3 Å². The van der Waals surface area contributed by atoms with E-state index in [0.29, 0.717) is 82.1 Å². The first-order valence-corrected chi connectivity index (χ1v) is 17.3. The van der Waals surface area contributed by atoms with E-state index in [4.69, 9.17) is 43.2 Å². The summed E-state index contributed by atoms with van der Waals surface area (Å²) >= 11 is 0. The first kappa shape index (κ1) is 46.1. The largest absolute Gasteiger partial charge is 0.504 e. The van der Waals surface area contributed by atoms with E-state index >= 15 is 0 Å². The van der Waals surface area contributed by atoms with Crippen molar-refractivity contribution in [2.24, 2.45) is 0 Å². The lowest BCUT2D eigenvalue weighted by Gasteiger charge is -2.17. The third kappa shape index (κ3) is 10.5. The van der Waals surface area contributed by atoms with Gasteiger partial charge in [0.25, 0.3) is 0 Å². The number of methoxy groups -OCH3 is 2. The van der Waals surface area contributed by atoms with Gasteiger partial charge in [-0.15, -0.1) is 0 Å². The van der Waals surface area contributed by atoms with Crippen LogP contribution in [0, 0.1) is 0 Å².